The molecule has 0 aliphatic carbocycles. The molecule has 0 atom stereocenters. The Bertz CT molecular complexity index is 741. The lowest BCUT2D eigenvalue weighted by atomic mass is 9.96. The molecule has 2 heterocycles. The maximum atomic E-state index is 13.0. The van der Waals surface area contributed by atoms with E-state index in [0.717, 1.165) is 54.3 Å². The van der Waals surface area contributed by atoms with Crippen molar-refractivity contribution < 1.29 is 9.53 Å². The third-order valence-electron chi connectivity index (χ3n) is 5.23. The molecule has 134 valence electrons. The van der Waals surface area contributed by atoms with Crippen molar-refractivity contribution in [3.8, 4) is 11.4 Å². The fourth-order valence-electron chi connectivity index (χ4n) is 3.65. The van der Waals surface area contributed by atoms with Gasteiger partial charge in [-0.25, -0.2) is 0 Å². The van der Waals surface area contributed by atoms with E-state index < -0.39 is 0 Å². The van der Waals surface area contributed by atoms with Gasteiger partial charge in [0.15, 0.2) is 0 Å². The van der Waals surface area contributed by atoms with Crippen LogP contribution >= 0.6 is 0 Å². The van der Waals surface area contributed by atoms with Gasteiger partial charge in [-0.1, -0.05) is 0 Å². The van der Waals surface area contributed by atoms with E-state index in [1.54, 1.807) is 7.11 Å². The highest BCUT2D eigenvalue weighted by molar-refractivity contribution is 5.96. The van der Waals surface area contributed by atoms with Crippen molar-refractivity contribution in [3.05, 3.63) is 47.3 Å². The van der Waals surface area contributed by atoms with Gasteiger partial charge in [0.05, 0.1) is 12.7 Å². The number of benzene rings is 1. The molecule has 1 aliphatic rings. The van der Waals surface area contributed by atoms with Gasteiger partial charge < -0.3 is 19.9 Å². The molecule has 1 saturated heterocycles. The molecule has 1 amide bonds. The van der Waals surface area contributed by atoms with Crippen LogP contribution in [0.3, 0.4) is 0 Å². The highest BCUT2D eigenvalue weighted by Crippen LogP contribution is 2.25. The van der Waals surface area contributed by atoms with Crippen LogP contribution in [0, 0.1) is 19.8 Å². The molecule has 25 heavy (non-hydrogen) atoms. The van der Waals surface area contributed by atoms with E-state index >= 15 is 0 Å². The lowest BCUT2D eigenvalue weighted by molar-refractivity contribution is 0.0692. The highest BCUT2D eigenvalue weighted by Gasteiger charge is 2.25. The molecule has 2 N–H and O–H groups in total. The summed E-state index contributed by atoms with van der Waals surface area (Å²) in [6.45, 7) is 6.36. The lowest BCUT2D eigenvalue weighted by Crippen LogP contribution is -2.40. The van der Waals surface area contributed by atoms with E-state index in [-0.39, 0.29) is 5.91 Å². The molecular formula is C20H27N3O2. The van der Waals surface area contributed by atoms with Gasteiger partial charge in [-0.05, 0) is 69.5 Å². The number of likely N-dealkylation sites (tertiary alicyclic amines) is 1. The van der Waals surface area contributed by atoms with Crippen LogP contribution < -0.4 is 10.5 Å². The largest absolute Gasteiger partial charge is 0.497 e. The van der Waals surface area contributed by atoms with E-state index in [4.69, 9.17) is 10.5 Å². The number of nitrogens with two attached hydrogens (primary N) is 1. The monoisotopic (exact) mass is 341 g/mol. The summed E-state index contributed by atoms with van der Waals surface area (Å²) < 4.78 is 7.35. The summed E-state index contributed by atoms with van der Waals surface area (Å²) in [5, 5.41) is 0. The van der Waals surface area contributed by atoms with Crippen LogP contribution in [0.25, 0.3) is 5.69 Å². The molecule has 0 saturated carbocycles. The Morgan fingerprint density at radius 2 is 1.84 bits per heavy atom. The van der Waals surface area contributed by atoms with Crippen molar-refractivity contribution in [2.45, 2.75) is 26.7 Å². The zero-order valence-corrected chi connectivity index (χ0v) is 15.3. The summed E-state index contributed by atoms with van der Waals surface area (Å²) in [5.41, 5.74) is 9.62. The first-order valence-electron chi connectivity index (χ1n) is 8.88. The lowest BCUT2D eigenvalue weighted by Gasteiger charge is -2.31. The van der Waals surface area contributed by atoms with E-state index in [2.05, 4.69) is 4.57 Å². The van der Waals surface area contributed by atoms with E-state index in [1.165, 1.54) is 0 Å². The molecule has 3 rings (SSSR count). The van der Waals surface area contributed by atoms with Crippen molar-refractivity contribution in [2.24, 2.45) is 11.7 Å². The molecule has 0 bridgehead atoms. The third kappa shape index (κ3) is 3.42. The Morgan fingerprint density at radius 1 is 1.20 bits per heavy atom. The molecule has 0 radical (unpaired) electrons. The Hall–Kier alpha value is -2.27. The second-order valence-electron chi connectivity index (χ2n) is 6.79. The average molecular weight is 341 g/mol. The molecule has 1 fully saturated rings. The van der Waals surface area contributed by atoms with Crippen molar-refractivity contribution in [1.82, 2.24) is 9.47 Å². The van der Waals surface area contributed by atoms with Crippen molar-refractivity contribution >= 4 is 5.91 Å². The van der Waals surface area contributed by atoms with Gasteiger partial charge in [0, 0.05) is 30.2 Å². The molecular weight excluding hydrogens is 314 g/mol. The molecule has 2 aromatic rings. The third-order valence-corrected chi connectivity index (χ3v) is 5.23. The Balaban J connectivity index is 1.85. The normalized spacial score (nSPS) is 15.4. The average Bonchev–Trinajstić information content (AvgIpc) is 2.95. The summed E-state index contributed by atoms with van der Waals surface area (Å²) in [6.07, 6.45) is 2.00. The summed E-state index contributed by atoms with van der Waals surface area (Å²) >= 11 is 0. The summed E-state index contributed by atoms with van der Waals surface area (Å²) in [4.78, 5) is 14.9. The van der Waals surface area contributed by atoms with Crippen molar-refractivity contribution in [1.29, 1.82) is 0 Å². The van der Waals surface area contributed by atoms with Crippen LogP contribution in [-0.4, -0.2) is 42.1 Å². The second-order valence-corrected chi connectivity index (χ2v) is 6.79. The van der Waals surface area contributed by atoms with Crippen LogP contribution in [0.5, 0.6) is 5.75 Å². The zero-order chi connectivity index (χ0) is 18.0. The van der Waals surface area contributed by atoms with Gasteiger partial charge >= 0.3 is 0 Å². The molecule has 0 unspecified atom stereocenters. The molecule has 5 heteroatoms. The fourth-order valence-corrected chi connectivity index (χ4v) is 3.65. The maximum absolute atomic E-state index is 13.0. The molecule has 5 nitrogen and oxygen atoms in total. The van der Waals surface area contributed by atoms with Crippen LogP contribution in [-0.2, 0) is 0 Å². The minimum Gasteiger partial charge on any atom is -0.497 e. The number of aryl methyl sites for hydroxylation is 1. The first kappa shape index (κ1) is 17.5. The number of rotatable bonds is 4. The predicted octanol–water partition coefficient (Wildman–Crippen LogP) is 2.91. The number of aromatic nitrogens is 1. The number of nitrogens with zero attached hydrogens (tertiary/aromatic N) is 2. The highest BCUT2D eigenvalue weighted by atomic mass is 16.5. The zero-order valence-electron chi connectivity index (χ0n) is 15.3. The van der Waals surface area contributed by atoms with Gasteiger partial charge in [-0.3, -0.25) is 4.79 Å². The number of hydrogen-bond acceptors (Lipinski definition) is 3. The predicted molar refractivity (Wildman–Crippen MR) is 99.5 cm³/mol. The molecule has 0 spiro atoms. The smallest absolute Gasteiger partial charge is 0.255 e. The van der Waals surface area contributed by atoms with Crippen LogP contribution in [0.15, 0.2) is 30.3 Å². The summed E-state index contributed by atoms with van der Waals surface area (Å²) in [7, 11) is 1.66. The van der Waals surface area contributed by atoms with Crippen LogP contribution in [0.1, 0.15) is 34.6 Å². The van der Waals surface area contributed by atoms with Crippen molar-refractivity contribution in [3.63, 3.8) is 0 Å². The Morgan fingerprint density at radius 3 is 2.40 bits per heavy atom. The van der Waals surface area contributed by atoms with Crippen LogP contribution in [0.4, 0.5) is 0 Å². The standard InChI is InChI=1S/C20H27N3O2/c1-14-12-19(20(24)22-10-8-16(13-21)9-11-22)15(2)23(14)17-4-6-18(25-3)7-5-17/h4-7,12,16H,8-11,13,21H2,1-3H3. The number of piperidine rings is 1. The van der Waals surface area contributed by atoms with Gasteiger partial charge in [0.25, 0.3) is 5.91 Å². The SMILES string of the molecule is COc1ccc(-n2c(C)cc(C(=O)N3CCC(CN)CC3)c2C)cc1. The minimum absolute atomic E-state index is 0.128. The van der Waals surface area contributed by atoms with Gasteiger partial charge in [-0.2, -0.15) is 0 Å². The topological polar surface area (TPSA) is 60.5 Å². The van der Waals surface area contributed by atoms with Crippen molar-refractivity contribution in [2.75, 3.05) is 26.7 Å². The van der Waals surface area contributed by atoms with Gasteiger partial charge in [0.2, 0.25) is 0 Å². The molecule has 1 aromatic heterocycles. The molecule has 1 aromatic carbocycles. The van der Waals surface area contributed by atoms with Gasteiger partial charge in [-0.15, -0.1) is 0 Å². The summed E-state index contributed by atoms with van der Waals surface area (Å²) in [5.74, 6) is 1.50. The number of methoxy groups -OCH3 is 1. The maximum Gasteiger partial charge on any atom is 0.255 e. The number of ether oxygens (including phenoxy) is 1. The Labute approximate surface area is 149 Å². The first-order chi connectivity index (χ1) is 12.0. The Kier molecular flexibility index (Phi) is 5.13. The number of amides is 1. The van der Waals surface area contributed by atoms with E-state index in [1.807, 2.05) is 49.1 Å². The van der Waals surface area contributed by atoms with Crippen LogP contribution in [0.2, 0.25) is 0 Å². The second kappa shape index (κ2) is 7.31. The summed E-state index contributed by atoms with van der Waals surface area (Å²) in [6, 6.07) is 9.90. The minimum atomic E-state index is 0.128. The number of carbonyl (C=O) groups excluding carboxylic acids is 1. The quantitative estimate of drug-likeness (QED) is 0.930. The van der Waals surface area contributed by atoms with E-state index in [0.29, 0.717) is 12.5 Å². The molecule has 1 aliphatic heterocycles. The number of carbonyl (C=O) groups is 1. The number of hydrogen-bond donors (Lipinski definition) is 1. The first-order valence-corrected chi connectivity index (χ1v) is 8.88. The van der Waals surface area contributed by atoms with E-state index in [9.17, 15) is 4.79 Å². The fraction of sp³-hybridized carbons (Fsp3) is 0.450. The van der Waals surface area contributed by atoms with Gasteiger partial charge in [0.1, 0.15) is 5.75 Å².